The Morgan fingerprint density at radius 2 is 0.882 bits per heavy atom. The fraction of sp³-hybridized carbons (Fsp3) is 0. The van der Waals surface area contributed by atoms with Crippen molar-refractivity contribution in [3.63, 3.8) is 0 Å². The summed E-state index contributed by atoms with van der Waals surface area (Å²) < 4.78 is 2.60. The van der Waals surface area contributed by atoms with Gasteiger partial charge in [-0.05, 0) is 62.0 Å². The van der Waals surface area contributed by atoms with Crippen molar-refractivity contribution in [2.45, 2.75) is 0 Å². The van der Waals surface area contributed by atoms with Crippen LogP contribution in [0.3, 0.4) is 0 Å². The largest absolute Gasteiger partial charge is 0.208 e. The van der Waals surface area contributed by atoms with Crippen molar-refractivity contribution in [3.05, 3.63) is 176 Å². The summed E-state index contributed by atoms with van der Waals surface area (Å²) in [7, 11) is 0. The zero-order valence-corrected chi connectivity index (χ0v) is 28.3. The van der Waals surface area contributed by atoms with Gasteiger partial charge in [0, 0.05) is 36.9 Å². The van der Waals surface area contributed by atoms with Crippen LogP contribution in [0.5, 0.6) is 0 Å². The second-order valence-corrected chi connectivity index (χ2v) is 13.9. The summed E-state index contributed by atoms with van der Waals surface area (Å²) in [5.41, 5.74) is 7.69. The monoisotopic (exact) mass is 667 g/mol. The molecule has 238 valence electrons. The summed E-state index contributed by atoms with van der Waals surface area (Å²) in [5.74, 6) is 1.95. The molecule has 2 heterocycles. The van der Waals surface area contributed by atoms with Crippen molar-refractivity contribution >= 4 is 53.1 Å². The molecule has 3 nitrogen and oxygen atoms in total. The van der Waals surface area contributed by atoms with E-state index < -0.39 is 0 Å². The fourth-order valence-corrected chi connectivity index (χ4v) is 8.44. The van der Waals surface area contributed by atoms with Crippen LogP contribution in [0.15, 0.2) is 176 Å². The van der Waals surface area contributed by atoms with Crippen molar-refractivity contribution in [3.8, 4) is 56.4 Å². The van der Waals surface area contributed by atoms with Gasteiger partial charge in [-0.3, -0.25) is 0 Å². The predicted octanol–water partition coefficient (Wildman–Crippen LogP) is 12.9. The number of fused-ring (bicyclic) bond motifs is 5. The second kappa shape index (κ2) is 12.1. The number of hydrogen-bond acceptors (Lipinski definition) is 4. The molecule has 0 radical (unpaired) electrons. The van der Waals surface area contributed by atoms with Crippen molar-refractivity contribution in [1.29, 1.82) is 0 Å². The quantitative estimate of drug-likeness (QED) is 0.183. The first-order valence-corrected chi connectivity index (χ1v) is 17.9. The van der Waals surface area contributed by atoms with Crippen LogP contribution in [-0.4, -0.2) is 15.0 Å². The maximum absolute atomic E-state index is 5.10. The molecule has 0 atom stereocenters. The van der Waals surface area contributed by atoms with E-state index in [-0.39, 0.29) is 0 Å². The van der Waals surface area contributed by atoms with Crippen LogP contribution < -0.4 is 0 Å². The standard InChI is InChI=1S/C47H29N3S/c1-3-12-30(13-4-1)37-20-11-17-34-28-36(26-27-38(34)37)47-49-45(32-14-5-2-6-15-32)48-46(50-47)33-24-22-31(23-25-33)43-39-18-8-7-16-35(39)29-42-44(43)40-19-9-10-21-41(40)51-42/h1-29H. The molecule has 0 fully saturated rings. The minimum absolute atomic E-state index is 0.646. The normalized spacial score (nSPS) is 11.5. The van der Waals surface area contributed by atoms with E-state index in [1.165, 1.54) is 58.6 Å². The molecule has 0 spiro atoms. The highest BCUT2D eigenvalue weighted by Gasteiger charge is 2.17. The SMILES string of the molecule is c1ccc(-c2nc(-c3ccc(-c4c5ccccc5cc5sc6ccccc6c45)cc3)nc(-c3ccc4c(-c5ccccc5)cccc4c3)n2)cc1. The smallest absolute Gasteiger partial charge is 0.164 e. The van der Waals surface area contributed by atoms with Crippen molar-refractivity contribution in [2.75, 3.05) is 0 Å². The molecular weight excluding hydrogens is 639 g/mol. The third-order valence-electron chi connectivity index (χ3n) is 9.71. The van der Waals surface area contributed by atoms with Crippen molar-refractivity contribution in [2.24, 2.45) is 0 Å². The molecule has 0 saturated heterocycles. The highest BCUT2D eigenvalue weighted by Crippen LogP contribution is 2.44. The Hall–Kier alpha value is -6.49. The van der Waals surface area contributed by atoms with E-state index in [0.717, 1.165) is 22.1 Å². The van der Waals surface area contributed by atoms with Gasteiger partial charge in [-0.1, -0.05) is 158 Å². The Labute approximate surface area is 299 Å². The molecule has 2 aromatic heterocycles. The van der Waals surface area contributed by atoms with E-state index in [9.17, 15) is 0 Å². The zero-order chi connectivity index (χ0) is 33.7. The molecule has 0 N–H and O–H groups in total. The van der Waals surface area contributed by atoms with Gasteiger partial charge in [-0.15, -0.1) is 11.3 Å². The predicted molar refractivity (Wildman–Crippen MR) is 215 cm³/mol. The molecule has 51 heavy (non-hydrogen) atoms. The summed E-state index contributed by atoms with van der Waals surface area (Å²) in [6, 6.07) is 62.1. The fourth-order valence-electron chi connectivity index (χ4n) is 7.28. The lowest BCUT2D eigenvalue weighted by Crippen LogP contribution is -2.00. The number of aromatic nitrogens is 3. The number of rotatable bonds is 5. The Bertz CT molecular complexity index is 2900. The molecule has 0 saturated carbocycles. The lowest BCUT2D eigenvalue weighted by Gasteiger charge is -2.12. The van der Waals surface area contributed by atoms with Crippen molar-refractivity contribution < 1.29 is 0 Å². The van der Waals surface area contributed by atoms with Crippen LogP contribution in [0.25, 0.3) is 98.1 Å². The van der Waals surface area contributed by atoms with E-state index in [2.05, 4.69) is 158 Å². The Kier molecular flexibility index (Phi) is 7.00. The first-order chi connectivity index (χ1) is 25.3. The van der Waals surface area contributed by atoms with E-state index in [4.69, 9.17) is 15.0 Å². The van der Waals surface area contributed by atoms with E-state index in [0.29, 0.717) is 17.5 Å². The maximum Gasteiger partial charge on any atom is 0.164 e. The number of nitrogens with zero attached hydrogens (tertiary/aromatic N) is 3. The Morgan fingerprint density at radius 1 is 0.333 bits per heavy atom. The second-order valence-electron chi connectivity index (χ2n) is 12.8. The highest BCUT2D eigenvalue weighted by atomic mass is 32.1. The molecule has 8 aromatic carbocycles. The van der Waals surface area contributed by atoms with Gasteiger partial charge < -0.3 is 0 Å². The van der Waals surface area contributed by atoms with E-state index in [1.807, 2.05) is 29.5 Å². The van der Waals surface area contributed by atoms with Crippen LogP contribution in [0.1, 0.15) is 0 Å². The van der Waals surface area contributed by atoms with Gasteiger partial charge in [-0.25, -0.2) is 15.0 Å². The topological polar surface area (TPSA) is 38.7 Å². The molecule has 0 aliphatic rings. The summed E-state index contributed by atoms with van der Waals surface area (Å²) >= 11 is 1.86. The highest BCUT2D eigenvalue weighted by molar-refractivity contribution is 7.26. The Morgan fingerprint density at radius 3 is 1.65 bits per heavy atom. The van der Waals surface area contributed by atoms with Crippen LogP contribution in [0.2, 0.25) is 0 Å². The number of hydrogen-bond donors (Lipinski definition) is 0. The van der Waals surface area contributed by atoms with Gasteiger partial charge in [-0.2, -0.15) is 0 Å². The van der Waals surface area contributed by atoms with Crippen LogP contribution in [0, 0.1) is 0 Å². The Balaban J connectivity index is 1.11. The van der Waals surface area contributed by atoms with Gasteiger partial charge in [0.2, 0.25) is 0 Å². The molecule has 10 rings (SSSR count). The molecule has 10 aromatic rings. The summed E-state index contributed by atoms with van der Waals surface area (Å²) in [6.07, 6.45) is 0. The summed E-state index contributed by atoms with van der Waals surface area (Å²) in [4.78, 5) is 15.2. The minimum Gasteiger partial charge on any atom is -0.208 e. The molecule has 0 aliphatic carbocycles. The minimum atomic E-state index is 0.646. The average Bonchev–Trinajstić information content (AvgIpc) is 3.58. The molecule has 0 amide bonds. The van der Waals surface area contributed by atoms with E-state index >= 15 is 0 Å². The first-order valence-electron chi connectivity index (χ1n) is 17.1. The molecule has 4 heteroatoms. The van der Waals surface area contributed by atoms with Gasteiger partial charge >= 0.3 is 0 Å². The average molecular weight is 668 g/mol. The summed E-state index contributed by atoms with van der Waals surface area (Å²) in [5, 5.41) is 7.44. The maximum atomic E-state index is 5.10. The third-order valence-corrected chi connectivity index (χ3v) is 10.8. The van der Waals surface area contributed by atoms with Crippen LogP contribution in [-0.2, 0) is 0 Å². The first kappa shape index (κ1) is 29.4. The van der Waals surface area contributed by atoms with Crippen molar-refractivity contribution in [1.82, 2.24) is 15.0 Å². The van der Waals surface area contributed by atoms with Gasteiger partial charge in [0.05, 0.1) is 0 Å². The zero-order valence-electron chi connectivity index (χ0n) is 27.5. The molecule has 0 unspecified atom stereocenters. The van der Waals surface area contributed by atoms with Crippen LogP contribution in [0.4, 0.5) is 0 Å². The number of thiophene rings is 1. The summed E-state index contributed by atoms with van der Waals surface area (Å²) in [6.45, 7) is 0. The van der Waals surface area contributed by atoms with Gasteiger partial charge in [0.25, 0.3) is 0 Å². The number of benzene rings is 8. The van der Waals surface area contributed by atoms with Crippen LogP contribution >= 0.6 is 11.3 Å². The third kappa shape index (κ3) is 5.16. The van der Waals surface area contributed by atoms with Gasteiger partial charge in [0.15, 0.2) is 17.5 Å². The lowest BCUT2D eigenvalue weighted by molar-refractivity contribution is 1.07. The van der Waals surface area contributed by atoms with Gasteiger partial charge in [0.1, 0.15) is 0 Å². The lowest BCUT2D eigenvalue weighted by atomic mass is 9.93. The molecule has 0 aliphatic heterocycles. The molecule has 0 bridgehead atoms. The van der Waals surface area contributed by atoms with E-state index in [1.54, 1.807) is 0 Å². The molecular formula is C47H29N3S.